The molecule has 1 amide bonds. The number of hydrogen-bond donors (Lipinski definition) is 4. The molecule has 0 aliphatic heterocycles. The minimum absolute atomic E-state index is 0.0898. The van der Waals surface area contributed by atoms with E-state index < -0.39 is 20.0 Å². The Balaban J connectivity index is 4.16. The van der Waals surface area contributed by atoms with Crippen LogP contribution in [0, 0.1) is 0 Å². The lowest BCUT2D eigenvalue weighted by molar-refractivity contribution is -0.123. The Hall–Kier alpha value is -0.760. The Morgan fingerprint density at radius 1 is 0.640 bits per heavy atom. The van der Waals surface area contributed by atoms with Crippen molar-refractivity contribution in [3.05, 3.63) is 12.2 Å². The molecule has 3 atom stereocenters. The molecule has 0 saturated carbocycles. The van der Waals surface area contributed by atoms with Gasteiger partial charge in [-0.15, -0.1) is 0 Å². The molecule has 9 heteroatoms. The van der Waals surface area contributed by atoms with Crippen molar-refractivity contribution in [3.8, 4) is 0 Å². The first-order valence-electron chi connectivity index (χ1n) is 21.3. The number of nitrogens with two attached hydrogens (primary N) is 1. The van der Waals surface area contributed by atoms with Crippen molar-refractivity contribution in [1.82, 2.24) is 5.32 Å². The van der Waals surface area contributed by atoms with E-state index in [1.807, 2.05) is 0 Å². The molecule has 5 N–H and O–H groups in total. The van der Waals surface area contributed by atoms with Gasteiger partial charge in [-0.25, -0.2) is 4.57 Å². The fourth-order valence-corrected chi connectivity index (χ4v) is 7.13. The standard InChI is InChI=1S/C41H83N2O6P/c1-3-5-7-9-11-13-15-17-19-20-21-23-25-27-29-31-33-35-41(45)43-39(38-49-50(46,47)48-37-36-42)40(44)34-32-30-28-26-24-22-18-16-14-12-10-8-6-4-2/h17,19,39-40,44H,3-16,18,20-38,42H2,1-2H3,(H,43,45)(H,46,47)/b19-17-. The number of hydrogen-bond acceptors (Lipinski definition) is 6. The molecule has 0 bridgehead atoms. The molecule has 0 radical (unpaired) electrons. The summed E-state index contributed by atoms with van der Waals surface area (Å²) in [5.74, 6) is -0.165. The molecule has 3 unspecified atom stereocenters. The molecule has 8 nitrogen and oxygen atoms in total. The Morgan fingerprint density at radius 3 is 1.48 bits per heavy atom. The Labute approximate surface area is 309 Å². The highest BCUT2D eigenvalue weighted by atomic mass is 31.2. The van der Waals surface area contributed by atoms with Crippen LogP contribution in [0.2, 0.25) is 0 Å². The number of nitrogens with one attached hydrogen (secondary N) is 1. The molecular formula is C41H83N2O6P. The van der Waals surface area contributed by atoms with Crippen LogP contribution in [0.1, 0.15) is 213 Å². The van der Waals surface area contributed by atoms with Crippen molar-refractivity contribution in [2.75, 3.05) is 19.8 Å². The van der Waals surface area contributed by atoms with Crippen molar-refractivity contribution in [2.24, 2.45) is 5.73 Å². The SMILES string of the molecule is CCCCCCCC/C=C\CCCCCCCCCC(=O)NC(COP(=O)(O)OCCN)C(O)CCCCCCCCCCCCCCCC. The van der Waals surface area contributed by atoms with E-state index in [1.54, 1.807) is 0 Å². The molecule has 0 heterocycles. The number of aliphatic hydroxyl groups is 1. The molecule has 0 rings (SSSR count). The van der Waals surface area contributed by atoms with Crippen LogP contribution in [0.5, 0.6) is 0 Å². The number of carbonyl (C=O) groups excluding carboxylic acids is 1. The minimum Gasteiger partial charge on any atom is -0.391 e. The van der Waals surface area contributed by atoms with Gasteiger partial charge in [0.05, 0.1) is 25.4 Å². The topological polar surface area (TPSA) is 131 Å². The zero-order chi connectivity index (χ0) is 36.8. The van der Waals surface area contributed by atoms with Crippen LogP contribution in [-0.4, -0.2) is 47.8 Å². The quantitative estimate of drug-likeness (QED) is 0.0280. The molecule has 0 fully saturated rings. The minimum atomic E-state index is -4.31. The molecule has 0 aromatic rings. The number of carbonyl (C=O) groups is 1. The van der Waals surface area contributed by atoms with Crippen LogP contribution in [0.15, 0.2) is 12.2 Å². The summed E-state index contributed by atoms with van der Waals surface area (Å²) in [6.45, 7) is 4.21. The summed E-state index contributed by atoms with van der Waals surface area (Å²) >= 11 is 0. The van der Waals surface area contributed by atoms with E-state index in [4.69, 9.17) is 14.8 Å². The normalized spacial score (nSPS) is 14.3. The second-order valence-electron chi connectivity index (χ2n) is 14.6. The molecule has 0 saturated heterocycles. The van der Waals surface area contributed by atoms with Gasteiger partial charge in [0, 0.05) is 13.0 Å². The highest BCUT2D eigenvalue weighted by Crippen LogP contribution is 2.43. The fourth-order valence-electron chi connectivity index (χ4n) is 6.37. The van der Waals surface area contributed by atoms with Crippen molar-refractivity contribution in [1.29, 1.82) is 0 Å². The van der Waals surface area contributed by atoms with Crippen molar-refractivity contribution in [2.45, 2.75) is 225 Å². The van der Waals surface area contributed by atoms with E-state index >= 15 is 0 Å². The number of phosphoric ester groups is 1. The summed E-state index contributed by atoms with van der Waals surface area (Å²) in [6.07, 6.45) is 40.7. The lowest BCUT2D eigenvalue weighted by Crippen LogP contribution is -2.46. The van der Waals surface area contributed by atoms with Crippen LogP contribution in [0.4, 0.5) is 0 Å². The maximum atomic E-state index is 12.8. The summed E-state index contributed by atoms with van der Waals surface area (Å²) in [5, 5.41) is 13.8. The van der Waals surface area contributed by atoms with Gasteiger partial charge in [0.15, 0.2) is 0 Å². The number of phosphoric acid groups is 1. The van der Waals surface area contributed by atoms with Crippen molar-refractivity contribution < 1.29 is 28.4 Å². The monoisotopic (exact) mass is 731 g/mol. The molecule has 0 spiro atoms. The van der Waals surface area contributed by atoms with Crippen LogP contribution in [0.25, 0.3) is 0 Å². The zero-order valence-electron chi connectivity index (χ0n) is 32.9. The predicted molar refractivity (Wildman–Crippen MR) is 212 cm³/mol. The third-order valence-corrected chi connectivity index (χ3v) is 10.6. The maximum Gasteiger partial charge on any atom is 0.472 e. The van der Waals surface area contributed by atoms with Crippen molar-refractivity contribution >= 4 is 13.7 Å². The average Bonchev–Trinajstić information content (AvgIpc) is 3.10. The van der Waals surface area contributed by atoms with E-state index in [1.165, 1.54) is 148 Å². The van der Waals surface area contributed by atoms with Gasteiger partial charge < -0.3 is 21.1 Å². The van der Waals surface area contributed by atoms with E-state index in [0.717, 1.165) is 38.5 Å². The summed E-state index contributed by atoms with van der Waals surface area (Å²) in [6, 6.07) is -0.772. The van der Waals surface area contributed by atoms with Crippen LogP contribution in [-0.2, 0) is 18.4 Å². The highest BCUT2D eigenvalue weighted by molar-refractivity contribution is 7.47. The number of allylic oxidation sites excluding steroid dienone is 2. The first kappa shape index (κ1) is 49.2. The first-order chi connectivity index (χ1) is 24.4. The second-order valence-corrected chi connectivity index (χ2v) is 16.0. The first-order valence-corrected chi connectivity index (χ1v) is 22.8. The van der Waals surface area contributed by atoms with Gasteiger partial charge in [-0.2, -0.15) is 0 Å². The van der Waals surface area contributed by atoms with E-state index in [2.05, 4.69) is 31.3 Å². The molecule has 0 aliphatic carbocycles. The second kappa shape index (κ2) is 38.0. The lowest BCUT2D eigenvalue weighted by atomic mass is 10.0. The Bertz CT molecular complexity index is 799. The molecule has 0 aromatic carbocycles. The molecule has 298 valence electrons. The smallest absolute Gasteiger partial charge is 0.391 e. The number of rotatable bonds is 40. The summed E-state index contributed by atoms with van der Waals surface area (Å²) in [5.41, 5.74) is 5.37. The molecule has 50 heavy (non-hydrogen) atoms. The Morgan fingerprint density at radius 2 is 1.04 bits per heavy atom. The largest absolute Gasteiger partial charge is 0.472 e. The third kappa shape index (κ3) is 35.6. The average molecular weight is 731 g/mol. The van der Waals surface area contributed by atoms with Gasteiger partial charge in [-0.05, 0) is 38.5 Å². The van der Waals surface area contributed by atoms with Gasteiger partial charge in [-0.1, -0.05) is 180 Å². The molecule has 0 aliphatic rings. The van der Waals surface area contributed by atoms with Gasteiger partial charge >= 0.3 is 7.82 Å². The number of aliphatic hydroxyl groups excluding tert-OH is 1. The van der Waals surface area contributed by atoms with Crippen molar-refractivity contribution in [3.63, 3.8) is 0 Å². The number of amides is 1. The highest BCUT2D eigenvalue weighted by Gasteiger charge is 2.27. The summed E-state index contributed by atoms with van der Waals surface area (Å²) in [4.78, 5) is 22.7. The fraction of sp³-hybridized carbons (Fsp3) is 0.927. The zero-order valence-corrected chi connectivity index (χ0v) is 33.8. The molecule has 0 aromatic heterocycles. The summed E-state index contributed by atoms with van der Waals surface area (Å²) in [7, 11) is -4.31. The van der Waals surface area contributed by atoms with E-state index in [9.17, 15) is 19.4 Å². The number of unbranched alkanes of at least 4 members (excludes halogenated alkanes) is 26. The van der Waals surface area contributed by atoms with E-state index in [-0.39, 0.29) is 25.7 Å². The van der Waals surface area contributed by atoms with Gasteiger partial charge in [0.1, 0.15) is 0 Å². The predicted octanol–water partition coefficient (Wildman–Crippen LogP) is 11.6. The van der Waals surface area contributed by atoms with Gasteiger partial charge in [0.2, 0.25) is 5.91 Å². The Kier molecular flexibility index (Phi) is 37.4. The maximum absolute atomic E-state index is 12.8. The van der Waals surface area contributed by atoms with Crippen LogP contribution >= 0.6 is 7.82 Å². The van der Waals surface area contributed by atoms with E-state index in [0.29, 0.717) is 12.8 Å². The third-order valence-electron chi connectivity index (χ3n) is 9.62. The molecular weight excluding hydrogens is 647 g/mol. The van der Waals surface area contributed by atoms with Crippen LogP contribution < -0.4 is 11.1 Å². The lowest BCUT2D eigenvalue weighted by Gasteiger charge is -2.25. The van der Waals surface area contributed by atoms with Crippen LogP contribution in [0.3, 0.4) is 0 Å². The summed E-state index contributed by atoms with van der Waals surface area (Å²) < 4.78 is 22.2. The van der Waals surface area contributed by atoms with Gasteiger partial charge in [-0.3, -0.25) is 13.8 Å². The van der Waals surface area contributed by atoms with Gasteiger partial charge in [0.25, 0.3) is 0 Å².